The molecule has 22 heavy (non-hydrogen) atoms. The Labute approximate surface area is 125 Å². The van der Waals surface area contributed by atoms with E-state index < -0.39 is 74.3 Å². The van der Waals surface area contributed by atoms with Gasteiger partial charge in [0.15, 0.2) is 0 Å². The topological polar surface area (TPSA) is 180 Å². The van der Waals surface area contributed by atoms with E-state index in [-0.39, 0.29) is 0 Å². The highest BCUT2D eigenvalue weighted by Crippen LogP contribution is 2.31. The fourth-order valence-electron chi connectivity index (χ4n) is 2.80. The summed E-state index contributed by atoms with van der Waals surface area (Å²) in [7, 11) is 0. The summed E-state index contributed by atoms with van der Waals surface area (Å²) in [6.07, 6.45) is -15.0. The molecule has 2 aliphatic rings. The zero-order valence-corrected chi connectivity index (χ0v) is 11.6. The third-order valence-electron chi connectivity index (χ3n) is 4.18. The van der Waals surface area contributed by atoms with Gasteiger partial charge in [0.2, 0.25) is 0 Å². The van der Waals surface area contributed by atoms with Gasteiger partial charge in [0.25, 0.3) is 0 Å². The van der Waals surface area contributed by atoms with Crippen molar-refractivity contribution >= 4 is 0 Å². The lowest BCUT2D eigenvalue weighted by atomic mass is 9.86. The smallest absolute Gasteiger partial charge is 0.115 e. The summed E-state index contributed by atoms with van der Waals surface area (Å²) in [6.45, 7) is -1.31. The molecule has 0 aromatic rings. The Kier molecular flexibility index (Phi) is 5.72. The Balaban J connectivity index is 2.21. The van der Waals surface area contributed by atoms with Crippen molar-refractivity contribution in [2.45, 2.75) is 61.0 Å². The molecule has 8 N–H and O–H groups in total. The van der Waals surface area contributed by atoms with Crippen molar-refractivity contribution < 1.29 is 50.3 Å². The second-order valence-electron chi connectivity index (χ2n) is 5.59. The van der Waals surface area contributed by atoms with Crippen molar-refractivity contribution in [3.05, 3.63) is 0 Å². The van der Waals surface area contributed by atoms with Gasteiger partial charge in [-0.1, -0.05) is 0 Å². The molecule has 0 aromatic heterocycles. The zero-order chi connectivity index (χ0) is 16.6. The predicted octanol–water partition coefficient (Wildman–Crippen LogP) is -5.33. The van der Waals surface area contributed by atoms with Crippen LogP contribution in [0.3, 0.4) is 0 Å². The molecule has 0 aliphatic carbocycles. The lowest BCUT2D eigenvalue weighted by Gasteiger charge is -2.48. The van der Waals surface area contributed by atoms with Crippen LogP contribution in [-0.2, 0) is 9.47 Å². The van der Waals surface area contributed by atoms with E-state index in [2.05, 4.69) is 0 Å². The zero-order valence-electron chi connectivity index (χ0n) is 11.6. The molecule has 10 unspecified atom stereocenters. The third kappa shape index (κ3) is 2.99. The number of hydrogen-bond donors (Lipinski definition) is 8. The maximum atomic E-state index is 9.99. The van der Waals surface area contributed by atoms with Crippen LogP contribution in [-0.4, -0.2) is 115 Å². The fourth-order valence-corrected chi connectivity index (χ4v) is 2.80. The largest absolute Gasteiger partial charge is 0.394 e. The molecule has 2 rings (SSSR count). The van der Waals surface area contributed by atoms with Crippen molar-refractivity contribution in [1.29, 1.82) is 0 Å². The average molecular weight is 326 g/mol. The van der Waals surface area contributed by atoms with Crippen LogP contribution in [0.5, 0.6) is 0 Å². The first-order chi connectivity index (χ1) is 10.3. The molecule has 0 bridgehead atoms. The Hall–Kier alpha value is -0.400. The molecule has 0 saturated carbocycles. The van der Waals surface area contributed by atoms with E-state index in [9.17, 15) is 30.6 Å². The second kappa shape index (κ2) is 7.01. The summed E-state index contributed by atoms with van der Waals surface area (Å²) in [4.78, 5) is 0. The van der Waals surface area contributed by atoms with Crippen LogP contribution in [0.2, 0.25) is 0 Å². The molecular formula is C12H22O10. The molecule has 0 aromatic carbocycles. The minimum absolute atomic E-state index is 0.654. The standard InChI is InChI=1S/C12H22O10/c13-1-3-5(15)7(17)9(19)11(21-3)12-10(20)8(18)6(16)4(2-14)22-12/h3-20H,1-2H2. The first-order valence-electron chi connectivity index (χ1n) is 6.94. The molecule has 0 radical (unpaired) electrons. The van der Waals surface area contributed by atoms with Gasteiger partial charge in [-0.25, -0.2) is 0 Å². The summed E-state index contributed by atoms with van der Waals surface area (Å²) in [5.41, 5.74) is 0. The Bertz CT molecular complexity index is 330. The van der Waals surface area contributed by atoms with Crippen molar-refractivity contribution in [3.63, 3.8) is 0 Å². The van der Waals surface area contributed by atoms with Gasteiger partial charge < -0.3 is 50.3 Å². The molecule has 0 amide bonds. The van der Waals surface area contributed by atoms with Crippen LogP contribution in [0.15, 0.2) is 0 Å². The normalized spacial score (nSPS) is 53.5. The van der Waals surface area contributed by atoms with Crippen LogP contribution in [0.1, 0.15) is 0 Å². The third-order valence-corrected chi connectivity index (χ3v) is 4.18. The highest BCUT2D eigenvalue weighted by molar-refractivity contribution is 5.02. The molecule has 130 valence electrons. The number of ether oxygens (including phenoxy) is 2. The fraction of sp³-hybridized carbons (Fsp3) is 1.00. The minimum atomic E-state index is -1.67. The minimum Gasteiger partial charge on any atom is -0.394 e. The van der Waals surface area contributed by atoms with E-state index >= 15 is 0 Å². The molecule has 2 heterocycles. The Morgan fingerprint density at radius 3 is 1.09 bits per heavy atom. The summed E-state index contributed by atoms with van der Waals surface area (Å²) in [5, 5.41) is 77.1. The summed E-state index contributed by atoms with van der Waals surface area (Å²) in [5.74, 6) is 0. The maximum Gasteiger partial charge on any atom is 0.115 e. The number of rotatable bonds is 3. The molecule has 2 aliphatic heterocycles. The molecule has 0 spiro atoms. The van der Waals surface area contributed by atoms with Gasteiger partial charge in [0.05, 0.1) is 13.2 Å². The van der Waals surface area contributed by atoms with Gasteiger partial charge in [-0.3, -0.25) is 0 Å². The predicted molar refractivity (Wildman–Crippen MR) is 67.5 cm³/mol. The van der Waals surface area contributed by atoms with Gasteiger partial charge in [0, 0.05) is 0 Å². The second-order valence-corrected chi connectivity index (χ2v) is 5.59. The van der Waals surface area contributed by atoms with Crippen LogP contribution in [0, 0.1) is 0 Å². The molecule has 2 saturated heterocycles. The number of aliphatic hydroxyl groups excluding tert-OH is 8. The van der Waals surface area contributed by atoms with Crippen molar-refractivity contribution in [2.24, 2.45) is 0 Å². The van der Waals surface area contributed by atoms with Crippen LogP contribution >= 0.6 is 0 Å². The molecule has 10 nitrogen and oxygen atoms in total. The van der Waals surface area contributed by atoms with E-state index in [1.54, 1.807) is 0 Å². The SMILES string of the molecule is OCC1OC(C2OC(CO)C(O)C(O)C2O)C(O)C(O)C1O. The highest BCUT2D eigenvalue weighted by Gasteiger charge is 2.53. The van der Waals surface area contributed by atoms with Gasteiger partial charge in [-0.15, -0.1) is 0 Å². The van der Waals surface area contributed by atoms with Crippen molar-refractivity contribution in [3.8, 4) is 0 Å². The maximum absolute atomic E-state index is 9.99. The number of hydrogen-bond acceptors (Lipinski definition) is 10. The average Bonchev–Trinajstić information content (AvgIpc) is 2.52. The summed E-state index contributed by atoms with van der Waals surface area (Å²) in [6, 6.07) is 0. The molecular weight excluding hydrogens is 304 g/mol. The van der Waals surface area contributed by atoms with E-state index in [1.807, 2.05) is 0 Å². The first kappa shape index (κ1) is 17.9. The molecule has 2 fully saturated rings. The van der Waals surface area contributed by atoms with E-state index in [0.717, 1.165) is 0 Å². The lowest BCUT2D eigenvalue weighted by Crippen LogP contribution is -2.68. The summed E-state index contributed by atoms with van der Waals surface area (Å²) < 4.78 is 10.5. The first-order valence-corrected chi connectivity index (χ1v) is 6.94. The Morgan fingerprint density at radius 2 is 0.818 bits per heavy atom. The van der Waals surface area contributed by atoms with E-state index in [4.69, 9.17) is 19.7 Å². The Morgan fingerprint density at radius 1 is 0.500 bits per heavy atom. The van der Waals surface area contributed by atoms with Crippen LogP contribution in [0.4, 0.5) is 0 Å². The van der Waals surface area contributed by atoms with Gasteiger partial charge in [-0.05, 0) is 0 Å². The number of aliphatic hydroxyl groups is 8. The van der Waals surface area contributed by atoms with E-state index in [0.29, 0.717) is 0 Å². The lowest BCUT2D eigenvalue weighted by molar-refractivity contribution is -0.302. The van der Waals surface area contributed by atoms with Crippen LogP contribution in [0.25, 0.3) is 0 Å². The van der Waals surface area contributed by atoms with Gasteiger partial charge in [0.1, 0.15) is 61.0 Å². The van der Waals surface area contributed by atoms with Gasteiger partial charge >= 0.3 is 0 Å². The molecule has 10 atom stereocenters. The van der Waals surface area contributed by atoms with Crippen LogP contribution < -0.4 is 0 Å². The van der Waals surface area contributed by atoms with Gasteiger partial charge in [-0.2, -0.15) is 0 Å². The molecule has 10 heteroatoms. The summed E-state index contributed by atoms with van der Waals surface area (Å²) >= 11 is 0. The van der Waals surface area contributed by atoms with Crippen molar-refractivity contribution in [2.75, 3.05) is 13.2 Å². The monoisotopic (exact) mass is 326 g/mol. The quantitative estimate of drug-likeness (QED) is 0.249. The van der Waals surface area contributed by atoms with Crippen molar-refractivity contribution in [1.82, 2.24) is 0 Å². The highest BCUT2D eigenvalue weighted by atomic mass is 16.6. The van der Waals surface area contributed by atoms with E-state index in [1.165, 1.54) is 0 Å².